The summed E-state index contributed by atoms with van der Waals surface area (Å²) in [6.45, 7) is 2.05. The van der Waals surface area contributed by atoms with Crippen molar-refractivity contribution in [2.24, 2.45) is 0 Å². The molecule has 0 aliphatic carbocycles. The summed E-state index contributed by atoms with van der Waals surface area (Å²) in [6.07, 6.45) is -3.17. The van der Waals surface area contributed by atoms with Gasteiger partial charge < -0.3 is 10.2 Å². The average molecular weight is 164 g/mol. The fourth-order valence-corrected chi connectivity index (χ4v) is 0.837. The molecular weight excluding hydrogens is 140 g/mol. The topological polar surface area (TPSA) is 40.5 Å². The average Bonchev–Trinajstić information content (AvgIpc) is 2.10. The monoisotopic (exact) mass is 164 g/mol. The summed E-state index contributed by atoms with van der Waals surface area (Å²) in [5.74, 6) is 0. The van der Waals surface area contributed by atoms with Gasteiger partial charge in [0.1, 0.15) is 0 Å². The first-order valence-corrected chi connectivity index (χ1v) is 4.10. The maximum absolute atomic E-state index is 8.85. The summed E-state index contributed by atoms with van der Waals surface area (Å²) in [6, 6.07) is 0. The predicted molar refractivity (Wildman–Crippen MR) is 46.2 cm³/mol. The maximum atomic E-state index is 8.85. The van der Waals surface area contributed by atoms with Crippen LogP contribution >= 0.6 is 0 Å². The molecule has 0 spiro atoms. The number of hydrogen-bond acceptors (Lipinski definition) is 2. The molecule has 0 rings (SSSR count). The van der Waals surface area contributed by atoms with Crippen molar-refractivity contribution in [3.63, 3.8) is 0 Å². The first kappa shape index (κ1) is 5.55. The van der Waals surface area contributed by atoms with Crippen molar-refractivity contribution in [2.45, 2.75) is 58.1 Å². The van der Waals surface area contributed by atoms with E-state index in [0.717, 1.165) is 19.3 Å². The molecule has 0 radical (unpaired) electrons. The van der Waals surface area contributed by atoms with Crippen LogP contribution in [-0.4, -0.2) is 16.5 Å². The molecule has 11 heavy (non-hydrogen) atoms. The van der Waals surface area contributed by atoms with Crippen LogP contribution in [0.1, 0.15) is 57.3 Å². The van der Waals surface area contributed by atoms with Crippen LogP contribution in [0.2, 0.25) is 0 Å². The normalized spacial score (nSPS) is 21.4. The highest BCUT2D eigenvalue weighted by Gasteiger charge is 1.95. The Labute approximate surface area is 74.9 Å². The lowest BCUT2D eigenvalue weighted by Gasteiger charge is -2.02. The third kappa shape index (κ3) is 9.92. The van der Waals surface area contributed by atoms with Crippen LogP contribution < -0.4 is 0 Å². The van der Waals surface area contributed by atoms with Crippen LogP contribution in [0.25, 0.3) is 0 Å². The van der Waals surface area contributed by atoms with E-state index in [1.807, 2.05) is 6.92 Å². The van der Waals surface area contributed by atoms with Gasteiger partial charge in [0.2, 0.25) is 0 Å². The minimum atomic E-state index is -3.19. The lowest BCUT2D eigenvalue weighted by Crippen LogP contribution is -2.02. The molecule has 0 amide bonds. The molecule has 0 bridgehead atoms. The molecule has 0 aliphatic heterocycles. The zero-order valence-corrected chi connectivity index (χ0v) is 7.01. The second kappa shape index (κ2) is 8.02. The third-order valence-corrected chi connectivity index (χ3v) is 1.43. The first-order valence-electron chi connectivity index (χ1n) is 6.18. The molecule has 2 nitrogen and oxygen atoms in total. The highest BCUT2D eigenvalue weighted by molar-refractivity contribution is 4.45. The molecule has 0 fully saturated rings. The van der Waals surface area contributed by atoms with Crippen LogP contribution in [0.15, 0.2) is 0 Å². The minimum absolute atomic E-state index is 0.245. The van der Waals surface area contributed by atoms with E-state index in [1.165, 1.54) is 0 Å². The fraction of sp³-hybridized carbons (Fsp3) is 1.00. The van der Waals surface area contributed by atoms with Gasteiger partial charge in [-0.15, -0.1) is 0 Å². The van der Waals surface area contributed by atoms with Crippen LogP contribution in [-0.2, 0) is 0 Å². The molecule has 2 heteroatoms. The summed E-state index contributed by atoms with van der Waals surface area (Å²) in [4.78, 5) is 0. The second-order valence-corrected chi connectivity index (χ2v) is 2.52. The van der Waals surface area contributed by atoms with Gasteiger partial charge in [-0.3, -0.25) is 0 Å². The molecule has 2 N–H and O–H groups in total. The van der Waals surface area contributed by atoms with E-state index in [0.29, 0.717) is 6.42 Å². The molecule has 0 saturated heterocycles. The molecule has 1 unspecified atom stereocenters. The van der Waals surface area contributed by atoms with E-state index in [4.69, 9.17) is 15.7 Å². The third-order valence-electron chi connectivity index (χ3n) is 1.43. The van der Waals surface area contributed by atoms with Gasteiger partial charge in [0.05, 0.1) is 1.37 Å². The van der Waals surface area contributed by atoms with E-state index >= 15 is 0 Å². The van der Waals surface area contributed by atoms with Crippen molar-refractivity contribution in [2.75, 3.05) is 0 Å². The Bertz CT molecular complexity index is 179. The highest BCUT2D eigenvalue weighted by Crippen LogP contribution is 2.07. The summed E-state index contributed by atoms with van der Waals surface area (Å²) in [5, 5.41) is 17.7. The summed E-state index contributed by atoms with van der Waals surface area (Å²) in [5.41, 5.74) is 0. The Balaban J connectivity index is 4.03. The Morgan fingerprint density at radius 3 is 2.45 bits per heavy atom. The minimum Gasteiger partial charge on any atom is -0.368 e. The van der Waals surface area contributed by atoms with E-state index < -0.39 is 19.0 Å². The van der Waals surface area contributed by atoms with Crippen molar-refractivity contribution < 1.29 is 15.7 Å². The smallest absolute Gasteiger partial charge is 0.151 e. The molecule has 68 valence electrons. The molecule has 0 aromatic carbocycles. The molecule has 0 aromatic rings. The quantitative estimate of drug-likeness (QED) is 0.446. The van der Waals surface area contributed by atoms with E-state index in [1.54, 1.807) is 0 Å². The van der Waals surface area contributed by atoms with E-state index in [2.05, 4.69) is 0 Å². The van der Waals surface area contributed by atoms with Gasteiger partial charge in [0.15, 0.2) is 6.27 Å². The van der Waals surface area contributed by atoms with E-state index in [9.17, 15) is 0 Å². The van der Waals surface area contributed by atoms with E-state index in [-0.39, 0.29) is 6.42 Å². The summed E-state index contributed by atoms with van der Waals surface area (Å²) in [7, 11) is 0. The van der Waals surface area contributed by atoms with Crippen molar-refractivity contribution in [1.82, 2.24) is 0 Å². The molecule has 0 heterocycles. The number of hydrogen-bond donors (Lipinski definition) is 2. The SMILES string of the molecule is [2H]C(CCCCCC)C([2H])([2H])C([2H])(O)O. The zero-order valence-electron chi connectivity index (χ0n) is 11.0. The number of rotatable bonds is 7. The van der Waals surface area contributed by atoms with Gasteiger partial charge in [-0.05, 0) is 12.8 Å². The van der Waals surface area contributed by atoms with Gasteiger partial charge in [-0.1, -0.05) is 39.0 Å². The van der Waals surface area contributed by atoms with Gasteiger partial charge in [0.25, 0.3) is 0 Å². The lowest BCUT2D eigenvalue weighted by molar-refractivity contribution is -0.0466. The highest BCUT2D eigenvalue weighted by atomic mass is 16.5. The molecule has 1 atom stereocenters. The van der Waals surface area contributed by atoms with Gasteiger partial charge in [-0.25, -0.2) is 0 Å². The standard InChI is InChI=1S/C9H20O2/c1-2-3-4-5-6-7-8-9(10)11/h9-11H,2-8H2,1H3/i7D,8D2,9D. The Morgan fingerprint density at radius 2 is 1.91 bits per heavy atom. The Hall–Kier alpha value is -0.0800. The van der Waals surface area contributed by atoms with Crippen molar-refractivity contribution in [3.8, 4) is 0 Å². The molecule has 0 saturated carbocycles. The predicted octanol–water partition coefficient (Wildman–Crippen LogP) is 2.05. The summed E-state index contributed by atoms with van der Waals surface area (Å²) < 4.78 is 28.8. The van der Waals surface area contributed by atoms with Crippen LogP contribution in [0.5, 0.6) is 0 Å². The second-order valence-electron chi connectivity index (χ2n) is 2.52. The first-order chi connectivity index (χ1) is 6.73. The maximum Gasteiger partial charge on any atom is 0.151 e. The van der Waals surface area contributed by atoms with Crippen LogP contribution in [0.3, 0.4) is 0 Å². The summed E-state index contributed by atoms with van der Waals surface area (Å²) >= 11 is 0. The zero-order chi connectivity index (χ0) is 12.1. The lowest BCUT2D eigenvalue weighted by atomic mass is 10.1. The van der Waals surface area contributed by atoms with Gasteiger partial charge in [0, 0.05) is 4.11 Å². The van der Waals surface area contributed by atoms with Crippen molar-refractivity contribution in [1.29, 1.82) is 0 Å². The Kier molecular flexibility index (Phi) is 4.04. The van der Waals surface area contributed by atoms with Crippen molar-refractivity contribution in [3.05, 3.63) is 0 Å². The number of unbranched alkanes of at least 4 members (excludes halogenated alkanes) is 3. The molecule has 0 aromatic heterocycles. The van der Waals surface area contributed by atoms with Gasteiger partial charge in [-0.2, -0.15) is 0 Å². The Morgan fingerprint density at radius 1 is 1.27 bits per heavy atom. The molecular formula is C9H20O2. The largest absolute Gasteiger partial charge is 0.368 e. The van der Waals surface area contributed by atoms with Gasteiger partial charge >= 0.3 is 0 Å². The fourth-order valence-electron chi connectivity index (χ4n) is 0.837. The van der Waals surface area contributed by atoms with Crippen molar-refractivity contribution >= 4 is 0 Å². The number of aliphatic hydroxyl groups is 2. The van der Waals surface area contributed by atoms with Crippen LogP contribution in [0, 0.1) is 0 Å². The van der Waals surface area contributed by atoms with Crippen LogP contribution in [0.4, 0.5) is 0 Å². The molecule has 0 aliphatic rings.